The summed E-state index contributed by atoms with van der Waals surface area (Å²) in [6.45, 7) is 0.365. The summed E-state index contributed by atoms with van der Waals surface area (Å²) < 4.78 is 11.0. The van der Waals surface area contributed by atoms with Gasteiger partial charge >= 0.3 is 0 Å². The Morgan fingerprint density at radius 1 is 1.29 bits per heavy atom. The Bertz CT molecular complexity index is 670. The van der Waals surface area contributed by atoms with Gasteiger partial charge in [-0.1, -0.05) is 6.07 Å². The van der Waals surface area contributed by atoms with E-state index in [1.807, 2.05) is 30.3 Å². The van der Waals surface area contributed by atoms with Crippen LogP contribution in [0.15, 0.2) is 36.5 Å². The molecule has 1 amide bonds. The van der Waals surface area contributed by atoms with E-state index in [1.54, 1.807) is 13.3 Å². The molecule has 0 aliphatic carbocycles. The highest BCUT2D eigenvalue weighted by Crippen LogP contribution is 2.28. The molecule has 0 saturated carbocycles. The molecule has 2 heterocycles. The summed E-state index contributed by atoms with van der Waals surface area (Å²) in [5, 5.41) is 2.87. The minimum absolute atomic E-state index is 0.0496. The maximum absolute atomic E-state index is 11.4. The van der Waals surface area contributed by atoms with Gasteiger partial charge < -0.3 is 14.8 Å². The van der Waals surface area contributed by atoms with E-state index >= 15 is 0 Å². The highest BCUT2D eigenvalue weighted by molar-refractivity contribution is 5.94. The van der Waals surface area contributed by atoms with Gasteiger partial charge in [0.1, 0.15) is 12.4 Å². The van der Waals surface area contributed by atoms with Gasteiger partial charge in [0.25, 0.3) is 0 Å². The van der Waals surface area contributed by atoms with Crippen molar-refractivity contribution >= 4 is 11.6 Å². The average molecular weight is 284 g/mol. The van der Waals surface area contributed by atoms with Crippen LogP contribution in [0.3, 0.4) is 0 Å². The van der Waals surface area contributed by atoms with Crippen molar-refractivity contribution < 1.29 is 14.3 Å². The Morgan fingerprint density at radius 3 is 3.05 bits per heavy atom. The molecule has 1 aromatic heterocycles. The van der Waals surface area contributed by atoms with E-state index in [0.717, 1.165) is 23.2 Å². The van der Waals surface area contributed by atoms with Gasteiger partial charge in [-0.25, -0.2) is 4.98 Å². The number of methoxy groups -OCH3 is 1. The third kappa shape index (κ3) is 2.97. The monoisotopic (exact) mass is 284 g/mol. The van der Waals surface area contributed by atoms with E-state index in [1.165, 1.54) is 0 Å². The van der Waals surface area contributed by atoms with Crippen LogP contribution in [0.2, 0.25) is 0 Å². The molecule has 108 valence electrons. The number of carbonyl (C=O) groups excluding carboxylic acids is 1. The lowest BCUT2D eigenvalue weighted by molar-refractivity contribution is -0.116. The van der Waals surface area contributed by atoms with Crippen LogP contribution in [0.25, 0.3) is 0 Å². The molecule has 0 spiro atoms. The van der Waals surface area contributed by atoms with Crippen molar-refractivity contribution in [3.05, 3.63) is 47.7 Å². The molecule has 1 aliphatic heterocycles. The third-order valence-corrected chi connectivity index (χ3v) is 3.41. The van der Waals surface area contributed by atoms with Gasteiger partial charge in [-0.3, -0.25) is 4.79 Å². The zero-order valence-corrected chi connectivity index (χ0v) is 11.8. The van der Waals surface area contributed by atoms with E-state index in [9.17, 15) is 4.79 Å². The molecular weight excluding hydrogens is 268 g/mol. The number of aryl methyl sites for hydroxylation is 1. The zero-order chi connectivity index (χ0) is 14.7. The van der Waals surface area contributed by atoms with Crippen LogP contribution < -0.4 is 14.8 Å². The van der Waals surface area contributed by atoms with E-state index in [2.05, 4.69) is 10.3 Å². The van der Waals surface area contributed by atoms with Crippen LogP contribution in [0.1, 0.15) is 17.5 Å². The van der Waals surface area contributed by atoms with Crippen LogP contribution in [0.5, 0.6) is 11.6 Å². The number of hydrogen-bond donors (Lipinski definition) is 1. The SMILES string of the molecule is COc1ncccc1COc1ccc2c(c1)NC(=O)CC2. The summed E-state index contributed by atoms with van der Waals surface area (Å²) >= 11 is 0. The first kappa shape index (κ1) is 13.4. The van der Waals surface area contributed by atoms with Crippen LogP contribution in [0, 0.1) is 0 Å². The highest BCUT2D eigenvalue weighted by Gasteiger charge is 2.15. The number of nitrogens with zero attached hydrogens (tertiary/aromatic N) is 1. The van der Waals surface area contributed by atoms with Gasteiger partial charge in [0.05, 0.1) is 12.7 Å². The predicted octanol–water partition coefficient (Wildman–Crippen LogP) is 2.55. The molecule has 0 bridgehead atoms. The Labute approximate surface area is 122 Å². The van der Waals surface area contributed by atoms with E-state index in [4.69, 9.17) is 9.47 Å². The standard InChI is InChI=1S/C16H16N2O3/c1-20-16-12(3-2-8-17-16)10-21-13-6-4-11-5-7-15(19)18-14(11)9-13/h2-4,6,8-9H,5,7,10H2,1H3,(H,18,19). The van der Waals surface area contributed by atoms with Crippen molar-refractivity contribution in [2.45, 2.75) is 19.4 Å². The average Bonchev–Trinajstić information content (AvgIpc) is 2.52. The number of fused-ring (bicyclic) bond motifs is 1. The van der Waals surface area contributed by atoms with Crippen LogP contribution in [-0.2, 0) is 17.8 Å². The Balaban J connectivity index is 1.74. The zero-order valence-electron chi connectivity index (χ0n) is 11.8. The van der Waals surface area contributed by atoms with E-state index in [-0.39, 0.29) is 5.91 Å². The van der Waals surface area contributed by atoms with Gasteiger partial charge in [0.2, 0.25) is 11.8 Å². The summed E-state index contributed by atoms with van der Waals surface area (Å²) in [6, 6.07) is 9.51. The van der Waals surface area contributed by atoms with Crippen molar-refractivity contribution in [2.24, 2.45) is 0 Å². The second kappa shape index (κ2) is 5.83. The molecule has 1 aliphatic rings. The number of ether oxygens (including phenoxy) is 2. The van der Waals surface area contributed by atoms with Crippen molar-refractivity contribution in [1.82, 2.24) is 4.98 Å². The molecule has 2 aromatic rings. The summed E-state index contributed by atoms with van der Waals surface area (Å²) in [6.07, 6.45) is 2.99. The van der Waals surface area contributed by atoms with Crippen LogP contribution >= 0.6 is 0 Å². The number of benzene rings is 1. The Kier molecular flexibility index (Phi) is 3.73. The molecule has 0 saturated heterocycles. The van der Waals surface area contributed by atoms with Gasteiger partial charge in [-0.15, -0.1) is 0 Å². The van der Waals surface area contributed by atoms with Gasteiger partial charge in [0, 0.05) is 24.4 Å². The number of pyridine rings is 1. The molecule has 3 rings (SSSR count). The molecule has 5 heteroatoms. The van der Waals surface area contributed by atoms with E-state index < -0.39 is 0 Å². The number of amides is 1. The number of aromatic nitrogens is 1. The summed E-state index contributed by atoms with van der Waals surface area (Å²) in [5.41, 5.74) is 2.85. The fourth-order valence-corrected chi connectivity index (χ4v) is 2.32. The molecule has 0 radical (unpaired) electrons. The first-order valence-corrected chi connectivity index (χ1v) is 6.80. The third-order valence-electron chi connectivity index (χ3n) is 3.41. The number of rotatable bonds is 4. The Morgan fingerprint density at radius 2 is 2.19 bits per heavy atom. The summed E-state index contributed by atoms with van der Waals surface area (Å²) in [4.78, 5) is 15.6. The maximum atomic E-state index is 11.4. The number of hydrogen-bond acceptors (Lipinski definition) is 4. The minimum atomic E-state index is 0.0496. The maximum Gasteiger partial charge on any atom is 0.224 e. The molecule has 1 aromatic carbocycles. The largest absolute Gasteiger partial charge is 0.489 e. The summed E-state index contributed by atoms with van der Waals surface area (Å²) in [5.74, 6) is 1.32. The summed E-state index contributed by atoms with van der Waals surface area (Å²) in [7, 11) is 1.58. The van der Waals surface area contributed by atoms with Crippen molar-refractivity contribution in [3.63, 3.8) is 0 Å². The molecule has 0 fully saturated rings. The van der Waals surface area contributed by atoms with Crippen LogP contribution in [0.4, 0.5) is 5.69 Å². The lowest BCUT2D eigenvalue weighted by atomic mass is 10.0. The number of nitrogens with one attached hydrogen (secondary N) is 1. The lowest BCUT2D eigenvalue weighted by Crippen LogP contribution is -2.18. The number of carbonyl (C=O) groups is 1. The smallest absolute Gasteiger partial charge is 0.224 e. The van der Waals surface area contributed by atoms with Crippen LogP contribution in [-0.4, -0.2) is 18.0 Å². The highest BCUT2D eigenvalue weighted by atomic mass is 16.5. The fourth-order valence-electron chi connectivity index (χ4n) is 2.32. The molecular formula is C16H16N2O3. The molecule has 0 atom stereocenters. The molecule has 0 unspecified atom stereocenters. The topological polar surface area (TPSA) is 60.5 Å². The lowest BCUT2D eigenvalue weighted by Gasteiger charge is -2.18. The van der Waals surface area contributed by atoms with E-state index in [0.29, 0.717) is 24.7 Å². The fraction of sp³-hybridized carbons (Fsp3) is 0.250. The minimum Gasteiger partial charge on any atom is -0.489 e. The van der Waals surface area contributed by atoms with Crippen molar-refractivity contribution in [1.29, 1.82) is 0 Å². The Hall–Kier alpha value is -2.56. The molecule has 21 heavy (non-hydrogen) atoms. The van der Waals surface area contributed by atoms with Crippen molar-refractivity contribution in [2.75, 3.05) is 12.4 Å². The first-order valence-electron chi connectivity index (χ1n) is 6.80. The van der Waals surface area contributed by atoms with Gasteiger partial charge in [-0.05, 0) is 30.2 Å². The second-order valence-corrected chi connectivity index (χ2v) is 4.83. The number of anilines is 1. The quantitative estimate of drug-likeness (QED) is 0.937. The first-order chi connectivity index (χ1) is 10.3. The predicted molar refractivity (Wildman–Crippen MR) is 78.5 cm³/mol. The van der Waals surface area contributed by atoms with Gasteiger partial charge in [0.15, 0.2) is 0 Å². The molecule has 5 nitrogen and oxygen atoms in total. The second-order valence-electron chi connectivity index (χ2n) is 4.83. The molecule has 1 N–H and O–H groups in total. The van der Waals surface area contributed by atoms with Gasteiger partial charge in [-0.2, -0.15) is 0 Å². The normalized spacial score (nSPS) is 13.3. The van der Waals surface area contributed by atoms with Crippen molar-refractivity contribution in [3.8, 4) is 11.6 Å².